The third-order valence-corrected chi connectivity index (χ3v) is 5.66. The van der Waals surface area contributed by atoms with Crippen molar-refractivity contribution in [3.8, 4) is 11.5 Å². The Bertz CT molecular complexity index is 851. The van der Waals surface area contributed by atoms with Gasteiger partial charge in [-0.2, -0.15) is 5.10 Å². The van der Waals surface area contributed by atoms with Crippen LogP contribution in [0.2, 0.25) is 0 Å². The second-order valence-electron chi connectivity index (χ2n) is 7.45. The Morgan fingerprint density at radius 2 is 2.11 bits per heavy atom. The smallest absolute Gasteiger partial charge is 0.160 e. The van der Waals surface area contributed by atoms with E-state index in [1.165, 1.54) is 18.5 Å². The first-order chi connectivity index (χ1) is 13.4. The van der Waals surface area contributed by atoms with Crippen molar-refractivity contribution in [3.05, 3.63) is 48.3 Å². The maximum absolute atomic E-state index is 5.78. The van der Waals surface area contributed by atoms with Crippen molar-refractivity contribution >= 4 is 0 Å². The Labute approximate surface area is 159 Å². The summed E-state index contributed by atoms with van der Waals surface area (Å²) in [5.74, 6) is 1.97. The molecule has 5 rings (SSSR count). The highest BCUT2D eigenvalue weighted by atomic mass is 16.3. The summed E-state index contributed by atoms with van der Waals surface area (Å²) in [6.45, 7) is 5.96. The maximum atomic E-state index is 5.78. The number of nitrogens with zero attached hydrogens (tertiary/aromatic N) is 5. The molecular formula is C20H26N6O. The van der Waals surface area contributed by atoms with Crippen LogP contribution in [0.3, 0.4) is 0 Å². The number of imidazole rings is 1. The van der Waals surface area contributed by atoms with Gasteiger partial charge < -0.3 is 14.3 Å². The van der Waals surface area contributed by atoms with Crippen LogP contribution in [0.5, 0.6) is 0 Å². The number of nitrogens with one attached hydrogen (secondary N) is 1. The van der Waals surface area contributed by atoms with Gasteiger partial charge in [-0.15, -0.1) is 0 Å². The van der Waals surface area contributed by atoms with Crippen LogP contribution >= 0.6 is 0 Å². The molecule has 7 heteroatoms. The van der Waals surface area contributed by atoms with E-state index in [4.69, 9.17) is 9.52 Å². The fourth-order valence-electron chi connectivity index (χ4n) is 4.27. The van der Waals surface area contributed by atoms with E-state index in [2.05, 4.69) is 42.8 Å². The monoisotopic (exact) mass is 366 g/mol. The van der Waals surface area contributed by atoms with Gasteiger partial charge in [0, 0.05) is 32.0 Å². The van der Waals surface area contributed by atoms with Gasteiger partial charge in [0.1, 0.15) is 11.5 Å². The molecule has 0 spiro atoms. The number of aromatic nitrogens is 4. The molecule has 1 saturated heterocycles. The average molecular weight is 366 g/mol. The molecule has 1 atom stereocenters. The molecule has 0 bridgehead atoms. The van der Waals surface area contributed by atoms with E-state index in [0.717, 1.165) is 63.0 Å². The Hall–Kier alpha value is -2.38. The van der Waals surface area contributed by atoms with Crippen molar-refractivity contribution < 1.29 is 4.42 Å². The number of rotatable bonds is 5. The quantitative estimate of drug-likeness (QED) is 0.752. The Morgan fingerprint density at radius 3 is 2.96 bits per heavy atom. The van der Waals surface area contributed by atoms with Crippen LogP contribution in [0, 0.1) is 0 Å². The van der Waals surface area contributed by atoms with Crippen molar-refractivity contribution in [1.82, 2.24) is 29.5 Å². The van der Waals surface area contributed by atoms with Crippen molar-refractivity contribution in [2.45, 2.75) is 44.9 Å². The third kappa shape index (κ3) is 3.33. The summed E-state index contributed by atoms with van der Waals surface area (Å²) in [4.78, 5) is 7.15. The number of fused-ring (bicyclic) bond motifs is 1. The molecule has 0 aliphatic carbocycles. The van der Waals surface area contributed by atoms with Crippen LogP contribution in [0.4, 0.5) is 0 Å². The first-order valence-corrected chi connectivity index (χ1v) is 9.95. The summed E-state index contributed by atoms with van der Waals surface area (Å²) < 4.78 is 10.1. The van der Waals surface area contributed by atoms with E-state index in [1.807, 2.05) is 12.3 Å². The molecule has 1 fully saturated rings. The minimum absolute atomic E-state index is 0.234. The van der Waals surface area contributed by atoms with Gasteiger partial charge in [-0.3, -0.25) is 9.58 Å². The summed E-state index contributed by atoms with van der Waals surface area (Å²) in [5, 5.41) is 8.30. The van der Waals surface area contributed by atoms with Crippen molar-refractivity contribution in [2.24, 2.45) is 0 Å². The predicted molar refractivity (Wildman–Crippen MR) is 102 cm³/mol. The molecule has 5 heterocycles. The van der Waals surface area contributed by atoms with Gasteiger partial charge >= 0.3 is 0 Å². The fourth-order valence-corrected chi connectivity index (χ4v) is 4.27. The van der Waals surface area contributed by atoms with Gasteiger partial charge in [0.05, 0.1) is 18.0 Å². The molecule has 0 saturated carbocycles. The summed E-state index contributed by atoms with van der Waals surface area (Å²) in [7, 11) is 0. The molecule has 1 N–H and O–H groups in total. The minimum Gasteiger partial charge on any atom is -0.468 e. The molecule has 142 valence electrons. The van der Waals surface area contributed by atoms with Crippen LogP contribution in [-0.4, -0.2) is 43.9 Å². The second kappa shape index (κ2) is 7.32. The normalized spacial score (nSPS) is 19.1. The zero-order valence-electron chi connectivity index (χ0n) is 15.5. The van der Waals surface area contributed by atoms with Gasteiger partial charge in [-0.1, -0.05) is 0 Å². The van der Waals surface area contributed by atoms with Crippen molar-refractivity contribution in [1.29, 1.82) is 0 Å². The number of hydrogen-bond acceptors (Lipinski definition) is 5. The minimum atomic E-state index is 0.234. The first kappa shape index (κ1) is 16.8. The SMILES string of the molecule is c1coc([C@@H](Cn2ccnc2-c2cc3n(n2)CCCNC3)N2CCCC2)c1. The van der Waals surface area contributed by atoms with Gasteiger partial charge in [0.25, 0.3) is 0 Å². The molecule has 7 nitrogen and oxygen atoms in total. The average Bonchev–Trinajstić information content (AvgIpc) is 3.46. The molecule has 0 unspecified atom stereocenters. The largest absolute Gasteiger partial charge is 0.468 e. The van der Waals surface area contributed by atoms with Crippen LogP contribution < -0.4 is 5.32 Å². The van der Waals surface area contributed by atoms with E-state index < -0.39 is 0 Å². The molecule has 0 aromatic carbocycles. The number of aryl methyl sites for hydroxylation is 1. The molecule has 0 amide bonds. The van der Waals surface area contributed by atoms with E-state index >= 15 is 0 Å². The topological polar surface area (TPSA) is 64.0 Å². The summed E-state index contributed by atoms with van der Waals surface area (Å²) in [5.41, 5.74) is 2.19. The van der Waals surface area contributed by atoms with Gasteiger partial charge in [0.15, 0.2) is 5.82 Å². The fraction of sp³-hybridized carbons (Fsp3) is 0.500. The van der Waals surface area contributed by atoms with Crippen molar-refractivity contribution in [3.63, 3.8) is 0 Å². The van der Waals surface area contributed by atoms with Gasteiger partial charge in [0.2, 0.25) is 0 Å². The lowest BCUT2D eigenvalue weighted by atomic mass is 10.2. The standard InChI is InChI=1S/C20H26N6O/c1-2-9-24(8-1)18(19-5-3-12-27-19)15-25-11-7-22-20(25)17-13-16-14-21-6-4-10-26(16)23-17/h3,5,7,11-13,18,21H,1-2,4,6,8-10,14-15H2/t18-/m1/s1. The second-order valence-corrected chi connectivity index (χ2v) is 7.45. The molecule has 3 aromatic heterocycles. The molecule has 2 aliphatic heterocycles. The lowest BCUT2D eigenvalue weighted by Gasteiger charge is -2.26. The van der Waals surface area contributed by atoms with E-state index in [1.54, 1.807) is 6.26 Å². The van der Waals surface area contributed by atoms with Gasteiger partial charge in [-0.25, -0.2) is 4.98 Å². The van der Waals surface area contributed by atoms with E-state index in [0.29, 0.717) is 0 Å². The van der Waals surface area contributed by atoms with Crippen molar-refractivity contribution in [2.75, 3.05) is 19.6 Å². The number of hydrogen-bond donors (Lipinski definition) is 1. The van der Waals surface area contributed by atoms with Crippen LogP contribution in [0.1, 0.15) is 36.8 Å². The zero-order valence-corrected chi connectivity index (χ0v) is 15.5. The first-order valence-electron chi connectivity index (χ1n) is 9.95. The number of likely N-dealkylation sites (tertiary alicyclic amines) is 1. The highest BCUT2D eigenvalue weighted by molar-refractivity contribution is 5.50. The lowest BCUT2D eigenvalue weighted by molar-refractivity contribution is 0.194. The summed E-state index contributed by atoms with van der Waals surface area (Å²) in [6, 6.07) is 6.48. The maximum Gasteiger partial charge on any atom is 0.160 e. The van der Waals surface area contributed by atoms with Crippen LogP contribution in [0.15, 0.2) is 41.3 Å². The Balaban J connectivity index is 1.44. The highest BCUT2D eigenvalue weighted by Gasteiger charge is 2.27. The Morgan fingerprint density at radius 1 is 1.19 bits per heavy atom. The highest BCUT2D eigenvalue weighted by Crippen LogP contribution is 2.29. The molecule has 0 radical (unpaired) electrons. The molecule has 3 aromatic rings. The molecule has 2 aliphatic rings. The van der Waals surface area contributed by atoms with Crippen LogP contribution in [-0.2, 0) is 19.6 Å². The molecule has 27 heavy (non-hydrogen) atoms. The third-order valence-electron chi connectivity index (χ3n) is 5.66. The molecular weight excluding hydrogens is 340 g/mol. The van der Waals surface area contributed by atoms with Crippen LogP contribution in [0.25, 0.3) is 11.5 Å². The summed E-state index contributed by atoms with van der Waals surface area (Å²) in [6.07, 6.45) is 9.33. The van der Waals surface area contributed by atoms with E-state index in [-0.39, 0.29) is 6.04 Å². The Kier molecular flexibility index (Phi) is 4.55. The lowest BCUT2D eigenvalue weighted by Crippen LogP contribution is -2.29. The zero-order chi connectivity index (χ0) is 18.1. The summed E-state index contributed by atoms with van der Waals surface area (Å²) >= 11 is 0. The predicted octanol–water partition coefficient (Wildman–Crippen LogP) is 2.67. The van der Waals surface area contributed by atoms with Gasteiger partial charge in [-0.05, 0) is 57.1 Å². The van der Waals surface area contributed by atoms with E-state index in [9.17, 15) is 0 Å². The number of furan rings is 1.